The highest BCUT2D eigenvalue weighted by Crippen LogP contribution is 2.06. The molecule has 0 spiro atoms. The molecule has 2 nitrogen and oxygen atoms in total. The average Bonchev–Trinajstić information content (AvgIpc) is 1.88. The SMILES string of the molecule is C#CC[C@@H](C)CC(=O)OC. The monoisotopic (exact) mass is 140 g/mol. The van der Waals surface area contributed by atoms with Crippen LogP contribution < -0.4 is 0 Å². The molecule has 0 amide bonds. The van der Waals surface area contributed by atoms with E-state index in [4.69, 9.17) is 6.42 Å². The molecule has 1 atom stereocenters. The predicted molar refractivity (Wildman–Crippen MR) is 39.2 cm³/mol. The van der Waals surface area contributed by atoms with Crippen molar-refractivity contribution in [1.82, 2.24) is 0 Å². The van der Waals surface area contributed by atoms with Gasteiger partial charge in [-0.2, -0.15) is 0 Å². The largest absolute Gasteiger partial charge is 0.469 e. The first-order chi connectivity index (χ1) is 4.70. The van der Waals surface area contributed by atoms with E-state index in [0.29, 0.717) is 12.8 Å². The summed E-state index contributed by atoms with van der Waals surface area (Å²) in [4.78, 5) is 10.6. The Bertz CT molecular complexity index is 144. The number of methoxy groups -OCH3 is 1. The third-order valence-corrected chi connectivity index (χ3v) is 1.21. The van der Waals surface area contributed by atoms with Gasteiger partial charge in [-0.25, -0.2) is 0 Å². The van der Waals surface area contributed by atoms with Gasteiger partial charge in [0.15, 0.2) is 0 Å². The lowest BCUT2D eigenvalue weighted by Gasteiger charge is -2.03. The van der Waals surface area contributed by atoms with E-state index in [2.05, 4.69) is 10.7 Å². The van der Waals surface area contributed by atoms with E-state index in [1.54, 1.807) is 0 Å². The number of hydrogen-bond acceptors (Lipinski definition) is 2. The molecule has 0 aliphatic rings. The van der Waals surface area contributed by atoms with Crippen LogP contribution >= 0.6 is 0 Å². The smallest absolute Gasteiger partial charge is 0.305 e. The van der Waals surface area contributed by atoms with E-state index >= 15 is 0 Å². The van der Waals surface area contributed by atoms with Gasteiger partial charge >= 0.3 is 5.97 Å². The first-order valence-electron chi connectivity index (χ1n) is 3.21. The number of esters is 1. The van der Waals surface area contributed by atoms with Crippen molar-refractivity contribution >= 4 is 5.97 Å². The van der Waals surface area contributed by atoms with Gasteiger partial charge in [-0.05, 0) is 5.92 Å². The van der Waals surface area contributed by atoms with Crippen LogP contribution in [0.5, 0.6) is 0 Å². The minimum atomic E-state index is -0.192. The molecule has 0 radical (unpaired) electrons. The molecule has 0 fully saturated rings. The van der Waals surface area contributed by atoms with Crippen LogP contribution in [0.15, 0.2) is 0 Å². The van der Waals surface area contributed by atoms with Crippen LogP contribution in [0, 0.1) is 18.3 Å². The summed E-state index contributed by atoms with van der Waals surface area (Å²) in [5.74, 6) is 2.53. The Kier molecular flexibility index (Phi) is 4.39. The summed E-state index contributed by atoms with van der Waals surface area (Å²) in [6.07, 6.45) is 6.10. The summed E-state index contributed by atoms with van der Waals surface area (Å²) < 4.78 is 4.46. The lowest BCUT2D eigenvalue weighted by Crippen LogP contribution is -2.06. The van der Waals surface area contributed by atoms with Crippen LogP contribution in [-0.4, -0.2) is 13.1 Å². The van der Waals surface area contributed by atoms with E-state index in [1.807, 2.05) is 6.92 Å². The topological polar surface area (TPSA) is 26.3 Å². The second kappa shape index (κ2) is 4.87. The standard InChI is InChI=1S/C8H12O2/c1-4-5-7(2)6-8(9)10-3/h1,7H,5-6H2,2-3H3/t7-/m1/s1. The molecular formula is C8H12O2. The Hall–Kier alpha value is -0.970. The van der Waals surface area contributed by atoms with Crippen LogP contribution in [0.25, 0.3) is 0 Å². The zero-order valence-electron chi connectivity index (χ0n) is 6.39. The molecule has 0 bridgehead atoms. The number of hydrogen-bond donors (Lipinski definition) is 0. The number of carbonyl (C=O) groups excluding carboxylic acids is 1. The molecule has 0 aliphatic carbocycles. The molecule has 0 saturated heterocycles. The van der Waals surface area contributed by atoms with Crippen LogP contribution in [0.2, 0.25) is 0 Å². The molecule has 0 aromatic heterocycles. The first-order valence-corrected chi connectivity index (χ1v) is 3.21. The maximum Gasteiger partial charge on any atom is 0.305 e. The number of rotatable bonds is 3. The van der Waals surface area contributed by atoms with Crippen molar-refractivity contribution in [1.29, 1.82) is 0 Å². The number of carbonyl (C=O) groups is 1. The molecule has 0 heterocycles. The van der Waals surface area contributed by atoms with E-state index in [9.17, 15) is 4.79 Å². The molecule has 2 heteroatoms. The van der Waals surface area contributed by atoms with Crippen LogP contribution in [0.3, 0.4) is 0 Å². The molecular weight excluding hydrogens is 128 g/mol. The highest BCUT2D eigenvalue weighted by molar-refractivity contribution is 5.69. The predicted octanol–water partition coefficient (Wildman–Crippen LogP) is 1.21. The van der Waals surface area contributed by atoms with Crippen LogP contribution in [0.4, 0.5) is 0 Å². The van der Waals surface area contributed by atoms with Gasteiger partial charge < -0.3 is 4.74 Å². The Labute approximate surface area is 61.6 Å². The molecule has 10 heavy (non-hydrogen) atoms. The number of terminal acetylenes is 1. The van der Waals surface area contributed by atoms with Crippen LogP contribution in [-0.2, 0) is 9.53 Å². The van der Waals surface area contributed by atoms with E-state index in [1.165, 1.54) is 7.11 Å². The van der Waals surface area contributed by atoms with Gasteiger partial charge in [-0.3, -0.25) is 4.79 Å². The van der Waals surface area contributed by atoms with Crippen molar-refractivity contribution in [3.8, 4) is 12.3 Å². The summed E-state index contributed by atoms with van der Waals surface area (Å²) in [5, 5.41) is 0. The van der Waals surface area contributed by atoms with Crippen molar-refractivity contribution in [3.63, 3.8) is 0 Å². The summed E-state index contributed by atoms with van der Waals surface area (Å²) in [5.41, 5.74) is 0. The molecule has 0 saturated carbocycles. The van der Waals surface area contributed by atoms with Gasteiger partial charge in [0.05, 0.1) is 7.11 Å². The fourth-order valence-corrected chi connectivity index (χ4v) is 0.641. The lowest BCUT2D eigenvalue weighted by molar-refractivity contribution is -0.141. The average molecular weight is 140 g/mol. The van der Waals surface area contributed by atoms with Gasteiger partial charge in [0, 0.05) is 12.8 Å². The van der Waals surface area contributed by atoms with Crippen molar-refractivity contribution in [2.75, 3.05) is 7.11 Å². The van der Waals surface area contributed by atoms with Gasteiger partial charge in [0.25, 0.3) is 0 Å². The Balaban J connectivity index is 3.49. The highest BCUT2D eigenvalue weighted by atomic mass is 16.5. The second-order valence-electron chi connectivity index (χ2n) is 2.29. The zero-order chi connectivity index (χ0) is 7.98. The fourth-order valence-electron chi connectivity index (χ4n) is 0.641. The zero-order valence-corrected chi connectivity index (χ0v) is 6.39. The molecule has 0 N–H and O–H groups in total. The minimum absolute atomic E-state index is 0.192. The Morgan fingerprint density at radius 2 is 2.40 bits per heavy atom. The number of ether oxygens (including phenoxy) is 1. The third-order valence-electron chi connectivity index (χ3n) is 1.21. The van der Waals surface area contributed by atoms with Gasteiger partial charge in [-0.15, -0.1) is 12.3 Å². The molecule has 0 rings (SSSR count). The van der Waals surface area contributed by atoms with Gasteiger partial charge in [-0.1, -0.05) is 6.92 Å². The molecule has 0 aliphatic heterocycles. The normalized spacial score (nSPS) is 11.7. The van der Waals surface area contributed by atoms with Crippen molar-refractivity contribution in [2.45, 2.75) is 19.8 Å². The Morgan fingerprint density at radius 3 is 2.80 bits per heavy atom. The first kappa shape index (κ1) is 9.03. The summed E-state index contributed by atoms with van der Waals surface area (Å²) in [6.45, 7) is 1.93. The summed E-state index contributed by atoms with van der Waals surface area (Å²) >= 11 is 0. The summed E-state index contributed by atoms with van der Waals surface area (Å²) in [6, 6.07) is 0. The molecule has 0 aromatic rings. The van der Waals surface area contributed by atoms with Crippen molar-refractivity contribution < 1.29 is 9.53 Å². The van der Waals surface area contributed by atoms with E-state index in [-0.39, 0.29) is 11.9 Å². The van der Waals surface area contributed by atoms with Crippen molar-refractivity contribution in [3.05, 3.63) is 0 Å². The molecule has 56 valence electrons. The maximum atomic E-state index is 10.6. The molecule has 0 unspecified atom stereocenters. The minimum Gasteiger partial charge on any atom is -0.469 e. The van der Waals surface area contributed by atoms with E-state index in [0.717, 1.165) is 0 Å². The maximum absolute atomic E-state index is 10.6. The second-order valence-corrected chi connectivity index (χ2v) is 2.29. The highest BCUT2D eigenvalue weighted by Gasteiger charge is 2.06. The molecule has 0 aromatic carbocycles. The quantitative estimate of drug-likeness (QED) is 0.435. The van der Waals surface area contributed by atoms with Crippen molar-refractivity contribution in [2.24, 2.45) is 5.92 Å². The van der Waals surface area contributed by atoms with Crippen LogP contribution in [0.1, 0.15) is 19.8 Å². The fraction of sp³-hybridized carbons (Fsp3) is 0.625. The summed E-state index contributed by atoms with van der Waals surface area (Å²) in [7, 11) is 1.38. The van der Waals surface area contributed by atoms with Gasteiger partial charge in [0.2, 0.25) is 0 Å². The Morgan fingerprint density at radius 1 is 1.80 bits per heavy atom. The van der Waals surface area contributed by atoms with E-state index < -0.39 is 0 Å². The lowest BCUT2D eigenvalue weighted by atomic mass is 10.1. The third kappa shape index (κ3) is 3.96. The van der Waals surface area contributed by atoms with Gasteiger partial charge in [0.1, 0.15) is 0 Å².